The lowest BCUT2D eigenvalue weighted by Crippen LogP contribution is -2.53. The number of halogens is 1. The van der Waals surface area contributed by atoms with Crippen molar-refractivity contribution in [3.05, 3.63) is 16.4 Å². The molecule has 1 aromatic heterocycles. The number of aliphatic hydroxyl groups is 1. The van der Waals surface area contributed by atoms with E-state index in [2.05, 4.69) is 23.8 Å². The average Bonchev–Trinajstić information content (AvgIpc) is 2.58. The highest BCUT2D eigenvalue weighted by atomic mass is 35.5. The van der Waals surface area contributed by atoms with E-state index >= 15 is 0 Å². The molecule has 0 aliphatic rings. The normalized spacial score (nSPS) is 14.2. The molecule has 1 aromatic rings. The van der Waals surface area contributed by atoms with Gasteiger partial charge in [0.2, 0.25) is 0 Å². The van der Waals surface area contributed by atoms with Crippen molar-refractivity contribution >= 4 is 11.6 Å². The number of hydrogen-bond donors (Lipinski definition) is 1. The Balaban J connectivity index is 3.03. The van der Waals surface area contributed by atoms with Gasteiger partial charge in [-0.2, -0.15) is 5.10 Å². The number of likely N-dealkylation sites (N-methyl/N-ethyl adjacent to an activating group) is 1. The van der Waals surface area contributed by atoms with Crippen LogP contribution in [0.15, 0.2) is 0 Å². The molecule has 0 aromatic carbocycles. The fourth-order valence-corrected chi connectivity index (χ4v) is 3.19. The fourth-order valence-electron chi connectivity index (χ4n) is 2.94. The van der Waals surface area contributed by atoms with E-state index in [0.717, 1.165) is 24.1 Å². The fraction of sp³-hybridized carbons (Fsp3) is 0.786. The number of aliphatic hydroxyl groups excluding tert-OH is 1. The second kappa shape index (κ2) is 6.25. The molecule has 4 nitrogen and oxygen atoms in total. The van der Waals surface area contributed by atoms with E-state index in [1.54, 1.807) is 4.68 Å². The van der Waals surface area contributed by atoms with E-state index in [0.29, 0.717) is 11.6 Å². The van der Waals surface area contributed by atoms with Crippen LogP contribution < -0.4 is 0 Å². The molecule has 5 heteroatoms. The van der Waals surface area contributed by atoms with Gasteiger partial charge >= 0.3 is 0 Å². The smallest absolute Gasteiger partial charge is 0.130 e. The number of aromatic nitrogens is 2. The second-order valence-corrected chi connectivity index (χ2v) is 5.76. The summed E-state index contributed by atoms with van der Waals surface area (Å²) in [4.78, 5) is 2.12. The van der Waals surface area contributed by atoms with Gasteiger partial charge in [0.25, 0.3) is 0 Å². The first-order valence-electron chi connectivity index (χ1n) is 6.83. The molecule has 1 heterocycles. The van der Waals surface area contributed by atoms with Gasteiger partial charge in [-0.1, -0.05) is 25.4 Å². The van der Waals surface area contributed by atoms with Crippen molar-refractivity contribution in [1.29, 1.82) is 0 Å². The molecule has 110 valence electrons. The quantitative estimate of drug-likeness (QED) is 0.873. The molecule has 1 N–H and O–H groups in total. The summed E-state index contributed by atoms with van der Waals surface area (Å²) in [5.74, 6) is 0. The summed E-state index contributed by atoms with van der Waals surface area (Å²) in [5, 5.41) is 15.6. The molecule has 0 fully saturated rings. The predicted molar refractivity (Wildman–Crippen MR) is 79.7 cm³/mol. The van der Waals surface area contributed by atoms with Crippen molar-refractivity contribution in [2.24, 2.45) is 7.05 Å². The molecule has 0 aliphatic heterocycles. The van der Waals surface area contributed by atoms with E-state index in [1.807, 2.05) is 28.1 Å². The lowest BCUT2D eigenvalue weighted by Gasteiger charge is -2.42. The van der Waals surface area contributed by atoms with E-state index in [1.165, 1.54) is 0 Å². The van der Waals surface area contributed by atoms with Gasteiger partial charge in [0.05, 0.1) is 11.8 Å². The molecule has 0 amide bonds. The van der Waals surface area contributed by atoms with E-state index in [4.69, 9.17) is 11.6 Å². The van der Waals surface area contributed by atoms with Crippen molar-refractivity contribution in [1.82, 2.24) is 14.7 Å². The largest absolute Gasteiger partial charge is 0.391 e. The van der Waals surface area contributed by atoms with E-state index < -0.39 is 6.10 Å². The van der Waals surface area contributed by atoms with Gasteiger partial charge in [0.15, 0.2) is 0 Å². The van der Waals surface area contributed by atoms with Crippen LogP contribution in [0.3, 0.4) is 0 Å². The highest BCUT2D eigenvalue weighted by Gasteiger charge is 2.37. The first kappa shape index (κ1) is 16.5. The third kappa shape index (κ3) is 2.96. The lowest BCUT2D eigenvalue weighted by molar-refractivity contribution is -0.0126. The summed E-state index contributed by atoms with van der Waals surface area (Å²) >= 11 is 6.25. The molecule has 0 bridgehead atoms. The van der Waals surface area contributed by atoms with Crippen molar-refractivity contribution < 1.29 is 5.11 Å². The predicted octanol–water partition coefficient (Wildman–Crippen LogP) is 2.41. The highest BCUT2D eigenvalue weighted by Crippen LogP contribution is 2.30. The molecule has 0 aliphatic carbocycles. The molecule has 0 radical (unpaired) electrons. The Kier molecular flexibility index (Phi) is 5.42. The molecular formula is C14H26ClN3O. The topological polar surface area (TPSA) is 41.3 Å². The van der Waals surface area contributed by atoms with Gasteiger partial charge in [-0.05, 0) is 33.9 Å². The van der Waals surface area contributed by atoms with Crippen LogP contribution in [0.4, 0.5) is 0 Å². The standard InChI is InChI=1S/C14H26ClN3O/c1-7-14(8-2,17(4)5)12(19)9-11-10(3)16-18(6)13(11)15/h12,19H,7-9H2,1-6H3. The summed E-state index contributed by atoms with van der Waals surface area (Å²) in [6.45, 7) is 6.16. The molecule has 1 atom stereocenters. The van der Waals surface area contributed by atoms with Crippen LogP contribution in [0.5, 0.6) is 0 Å². The molecule has 1 rings (SSSR count). The lowest BCUT2D eigenvalue weighted by atomic mass is 9.82. The van der Waals surface area contributed by atoms with Gasteiger partial charge in [-0.3, -0.25) is 4.68 Å². The SMILES string of the molecule is CCC(CC)(C(O)Cc1c(C)nn(C)c1Cl)N(C)C. The Morgan fingerprint density at radius 3 is 2.21 bits per heavy atom. The third-order valence-electron chi connectivity index (χ3n) is 4.40. The molecule has 0 spiro atoms. The Labute approximate surface area is 121 Å². The van der Waals surface area contributed by atoms with Gasteiger partial charge < -0.3 is 10.0 Å². The van der Waals surface area contributed by atoms with Crippen LogP contribution in [0.1, 0.15) is 37.9 Å². The van der Waals surface area contributed by atoms with Crippen LogP contribution >= 0.6 is 11.6 Å². The van der Waals surface area contributed by atoms with Gasteiger partial charge in [-0.25, -0.2) is 0 Å². The zero-order valence-corrected chi connectivity index (χ0v) is 13.6. The third-order valence-corrected chi connectivity index (χ3v) is 4.88. The van der Waals surface area contributed by atoms with Crippen LogP contribution in [0.2, 0.25) is 5.15 Å². The zero-order valence-electron chi connectivity index (χ0n) is 12.9. The molecule has 19 heavy (non-hydrogen) atoms. The number of rotatable bonds is 6. The van der Waals surface area contributed by atoms with Gasteiger partial charge in [0.1, 0.15) is 5.15 Å². The Bertz CT molecular complexity index is 425. The van der Waals surface area contributed by atoms with Crippen molar-refractivity contribution in [2.75, 3.05) is 14.1 Å². The maximum atomic E-state index is 10.7. The van der Waals surface area contributed by atoms with Crippen LogP contribution in [0, 0.1) is 6.92 Å². The molecule has 0 saturated carbocycles. The number of nitrogens with zero attached hydrogens (tertiary/aromatic N) is 3. The monoisotopic (exact) mass is 287 g/mol. The Morgan fingerprint density at radius 2 is 1.89 bits per heavy atom. The molecule has 0 saturated heterocycles. The summed E-state index contributed by atoms with van der Waals surface area (Å²) in [5.41, 5.74) is 1.63. The van der Waals surface area contributed by atoms with Crippen molar-refractivity contribution in [3.63, 3.8) is 0 Å². The number of hydrogen-bond acceptors (Lipinski definition) is 3. The van der Waals surface area contributed by atoms with Gasteiger partial charge in [-0.15, -0.1) is 0 Å². The van der Waals surface area contributed by atoms with Crippen LogP contribution in [-0.4, -0.2) is 45.5 Å². The average molecular weight is 288 g/mol. The highest BCUT2D eigenvalue weighted by molar-refractivity contribution is 6.30. The minimum atomic E-state index is -0.460. The Morgan fingerprint density at radius 1 is 1.37 bits per heavy atom. The van der Waals surface area contributed by atoms with E-state index in [9.17, 15) is 5.11 Å². The van der Waals surface area contributed by atoms with Crippen molar-refractivity contribution in [3.8, 4) is 0 Å². The van der Waals surface area contributed by atoms with Crippen molar-refractivity contribution in [2.45, 2.75) is 51.7 Å². The number of aryl methyl sites for hydroxylation is 2. The van der Waals surface area contributed by atoms with Gasteiger partial charge in [0, 0.05) is 24.6 Å². The summed E-state index contributed by atoms with van der Waals surface area (Å²) < 4.78 is 1.66. The summed E-state index contributed by atoms with van der Waals surface area (Å²) in [6, 6.07) is 0. The first-order valence-corrected chi connectivity index (χ1v) is 7.21. The van der Waals surface area contributed by atoms with E-state index in [-0.39, 0.29) is 5.54 Å². The summed E-state index contributed by atoms with van der Waals surface area (Å²) in [7, 11) is 5.87. The Hall–Kier alpha value is -0.580. The van der Waals surface area contributed by atoms with Crippen LogP contribution in [-0.2, 0) is 13.5 Å². The maximum Gasteiger partial charge on any atom is 0.130 e. The second-order valence-electron chi connectivity index (χ2n) is 5.40. The first-order chi connectivity index (χ1) is 8.80. The minimum absolute atomic E-state index is 0.217. The maximum absolute atomic E-state index is 10.7. The molecular weight excluding hydrogens is 262 g/mol. The molecule has 1 unspecified atom stereocenters. The minimum Gasteiger partial charge on any atom is -0.391 e. The summed E-state index contributed by atoms with van der Waals surface area (Å²) in [6.07, 6.45) is 1.87. The van der Waals surface area contributed by atoms with Crippen LogP contribution in [0.25, 0.3) is 0 Å². The zero-order chi connectivity index (χ0) is 14.8.